The average molecular weight is 142 g/mol. The Kier molecular flexibility index (Phi) is 1.61. The van der Waals surface area contributed by atoms with Crippen molar-refractivity contribution in [3.63, 3.8) is 0 Å². The molecule has 0 amide bonds. The van der Waals surface area contributed by atoms with E-state index in [0.29, 0.717) is 0 Å². The number of tetrazole rings is 1. The predicted octanol–water partition coefficient (Wildman–Crippen LogP) is -0.681. The van der Waals surface area contributed by atoms with Crippen LogP contribution in [-0.2, 0) is 4.79 Å². The summed E-state index contributed by atoms with van der Waals surface area (Å²) in [6, 6.07) is -0.699. The Morgan fingerprint density at radius 2 is 2.50 bits per heavy atom. The third kappa shape index (κ3) is 1.09. The molecule has 1 aromatic heterocycles. The van der Waals surface area contributed by atoms with E-state index < -0.39 is 12.0 Å². The van der Waals surface area contributed by atoms with Crippen molar-refractivity contribution in [1.82, 2.24) is 20.2 Å². The van der Waals surface area contributed by atoms with Gasteiger partial charge in [-0.25, -0.2) is 9.48 Å². The lowest BCUT2D eigenvalue weighted by molar-refractivity contribution is -0.140. The molecular formula is C4H6N4O2. The van der Waals surface area contributed by atoms with Crippen LogP contribution in [0.1, 0.15) is 13.0 Å². The molecule has 0 bridgehead atoms. The number of nitrogens with zero attached hydrogens (tertiary/aromatic N) is 4. The summed E-state index contributed by atoms with van der Waals surface area (Å²) < 4.78 is 1.17. The molecular weight excluding hydrogens is 136 g/mol. The first-order valence-electron chi connectivity index (χ1n) is 2.67. The second kappa shape index (κ2) is 2.42. The van der Waals surface area contributed by atoms with Crippen LogP contribution in [0.2, 0.25) is 0 Å². The van der Waals surface area contributed by atoms with Crippen LogP contribution in [0.25, 0.3) is 0 Å². The van der Waals surface area contributed by atoms with Crippen LogP contribution in [0.15, 0.2) is 6.33 Å². The molecule has 1 heterocycles. The molecule has 0 saturated carbocycles. The van der Waals surface area contributed by atoms with Crippen molar-refractivity contribution in [3.05, 3.63) is 6.33 Å². The summed E-state index contributed by atoms with van der Waals surface area (Å²) in [5.74, 6) is -0.952. The molecule has 1 atom stereocenters. The third-order valence-electron chi connectivity index (χ3n) is 1.12. The number of rotatable bonds is 2. The third-order valence-corrected chi connectivity index (χ3v) is 1.12. The predicted molar refractivity (Wildman–Crippen MR) is 30.2 cm³/mol. The molecule has 0 saturated heterocycles. The lowest BCUT2D eigenvalue weighted by Gasteiger charge is -2.01. The molecule has 10 heavy (non-hydrogen) atoms. The van der Waals surface area contributed by atoms with Gasteiger partial charge < -0.3 is 5.11 Å². The maximum atomic E-state index is 10.3. The van der Waals surface area contributed by atoms with Crippen LogP contribution in [0.3, 0.4) is 0 Å². The van der Waals surface area contributed by atoms with Crippen molar-refractivity contribution in [1.29, 1.82) is 0 Å². The number of aliphatic carboxylic acids is 1. The molecule has 0 fully saturated rings. The molecule has 0 aliphatic rings. The van der Waals surface area contributed by atoms with Gasteiger partial charge in [-0.3, -0.25) is 0 Å². The van der Waals surface area contributed by atoms with Gasteiger partial charge in [-0.15, -0.1) is 5.10 Å². The molecule has 0 radical (unpaired) electrons. The Bertz CT molecular complexity index is 219. The average Bonchev–Trinajstić information content (AvgIpc) is 2.36. The summed E-state index contributed by atoms with van der Waals surface area (Å²) >= 11 is 0. The van der Waals surface area contributed by atoms with Crippen LogP contribution in [0.5, 0.6) is 0 Å². The maximum Gasteiger partial charge on any atom is 0.328 e. The maximum absolute atomic E-state index is 10.3. The second-order valence-corrected chi connectivity index (χ2v) is 1.80. The number of aromatic nitrogens is 4. The molecule has 1 aromatic rings. The molecule has 0 unspecified atom stereocenters. The Morgan fingerprint density at radius 3 is 2.90 bits per heavy atom. The van der Waals surface area contributed by atoms with Crippen molar-refractivity contribution >= 4 is 5.97 Å². The zero-order chi connectivity index (χ0) is 7.56. The Hall–Kier alpha value is -1.46. The van der Waals surface area contributed by atoms with Crippen molar-refractivity contribution in [2.24, 2.45) is 0 Å². The Morgan fingerprint density at radius 1 is 1.80 bits per heavy atom. The van der Waals surface area contributed by atoms with Gasteiger partial charge in [-0.2, -0.15) is 0 Å². The van der Waals surface area contributed by atoms with Crippen LogP contribution < -0.4 is 0 Å². The fourth-order valence-corrected chi connectivity index (χ4v) is 0.459. The molecule has 6 heteroatoms. The van der Waals surface area contributed by atoms with Gasteiger partial charge in [-0.05, 0) is 17.4 Å². The van der Waals surface area contributed by atoms with Crippen molar-refractivity contribution in [2.45, 2.75) is 13.0 Å². The first-order valence-corrected chi connectivity index (χ1v) is 2.67. The lowest BCUT2D eigenvalue weighted by atomic mass is 10.4. The van der Waals surface area contributed by atoms with Gasteiger partial charge in [0.05, 0.1) is 0 Å². The summed E-state index contributed by atoms with van der Waals surface area (Å²) in [6.45, 7) is 1.50. The van der Waals surface area contributed by atoms with Gasteiger partial charge in [0.15, 0.2) is 0 Å². The van der Waals surface area contributed by atoms with Gasteiger partial charge >= 0.3 is 5.97 Å². The van der Waals surface area contributed by atoms with Crippen LogP contribution in [-0.4, -0.2) is 31.3 Å². The minimum atomic E-state index is -0.952. The molecule has 0 spiro atoms. The van der Waals surface area contributed by atoms with E-state index in [1.165, 1.54) is 17.9 Å². The van der Waals surface area contributed by atoms with Crippen molar-refractivity contribution in [2.75, 3.05) is 0 Å². The van der Waals surface area contributed by atoms with Gasteiger partial charge in [0.2, 0.25) is 0 Å². The molecule has 6 nitrogen and oxygen atoms in total. The van der Waals surface area contributed by atoms with Crippen LogP contribution in [0.4, 0.5) is 0 Å². The van der Waals surface area contributed by atoms with E-state index in [0.717, 1.165) is 0 Å². The topological polar surface area (TPSA) is 80.9 Å². The van der Waals surface area contributed by atoms with E-state index in [1.54, 1.807) is 0 Å². The minimum Gasteiger partial charge on any atom is -0.480 e. The SMILES string of the molecule is C[C@H](C(=O)O)n1cnnn1. The molecule has 0 aromatic carbocycles. The van der Waals surface area contributed by atoms with Crippen molar-refractivity contribution in [3.8, 4) is 0 Å². The standard InChI is InChI=1S/C4H6N4O2/c1-3(4(9)10)8-2-5-6-7-8/h2-3H,1H3,(H,9,10)/t3-/m1/s1. The van der Waals surface area contributed by atoms with Gasteiger partial charge in [0, 0.05) is 0 Å². The first-order chi connectivity index (χ1) is 4.72. The summed E-state index contributed by atoms with van der Waals surface area (Å²) in [6.07, 6.45) is 1.26. The molecule has 54 valence electrons. The highest BCUT2D eigenvalue weighted by molar-refractivity contribution is 5.70. The quantitative estimate of drug-likeness (QED) is 0.591. The Balaban J connectivity index is 2.77. The van der Waals surface area contributed by atoms with Crippen LogP contribution >= 0.6 is 0 Å². The molecule has 0 aliphatic carbocycles. The highest BCUT2D eigenvalue weighted by Gasteiger charge is 2.12. The normalized spacial score (nSPS) is 12.9. The Labute approximate surface area is 56.5 Å². The van der Waals surface area contributed by atoms with Gasteiger partial charge in [0.25, 0.3) is 0 Å². The lowest BCUT2D eigenvalue weighted by Crippen LogP contribution is -2.15. The highest BCUT2D eigenvalue weighted by Crippen LogP contribution is 1.98. The zero-order valence-corrected chi connectivity index (χ0v) is 5.30. The van der Waals surface area contributed by atoms with Crippen molar-refractivity contribution < 1.29 is 9.90 Å². The monoisotopic (exact) mass is 142 g/mol. The largest absolute Gasteiger partial charge is 0.480 e. The number of carbonyl (C=O) groups is 1. The van der Waals surface area contributed by atoms with E-state index in [4.69, 9.17) is 5.11 Å². The van der Waals surface area contributed by atoms with E-state index in [9.17, 15) is 4.79 Å². The fraction of sp³-hybridized carbons (Fsp3) is 0.500. The number of carboxylic acids is 1. The summed E-state index contributed by atoms with van der Waals surface area (Å²) in [4.78, 5) is 10.3. The van der Waals surface area contributed by atoms with E-state index in [1.807, 2.05) is 0 Å². The summed E-state index contributed by atoms with van der Waals surface area (Å²) in [7, 11) is 0. The summed E-state index contributed by atoms with van der Waals surface area (Å²) in [5.41, 5.74) is 0. The second-order valence-electron chi connectivity index (χ2n) is 1.80. The van der Waals surface area contributed by atoms with E-state index in [2.05, 4.69) is 15.5 Å². The molecule has 1 N–H and O–H groups in total. The highest BCUT2D eigenvalue weighted by atomic mass is 16.4. The minimum absolute atomic E-state index is 0.699. The van der Waals surface area contributed by atoms with E-state index >= 15 is 0 Å². The number of carboxylic acid groups (broad SMARTS) is 1. The first kappa shape index (κ1) is 6.66. The van der Waals surface area contributed by atoms with Crippen LogP contribution in [0, 0.1) is 0 Å². The summed E-state index contributed by atoms with van der Waals surface area (Å²) in [5, 5.41) is 18.4. The number of hydrogen-bond acceptors (Lipinski definition) is 4. The van der Waals surface area contributed by atoms with E-state index in [-0.39, 0.29) is 0 Å². The van der Waals surface area contributed by atoms with Gasteiger partial charge in [-0.1, -0.05) is 0 Å². The molecule has 1 rings (SSSR count). The smallest absolute Gasteiger partial charge is 0.328 e. The molecule has 0 aliphatic heterocycles. The van der Waals surface area contributed by atoms with Gasteiger partial charge in [0.1, 0.15) is 12.4 Å². The fourth-order valence-electron chi connectivity index (χ4n) is 0.459. The number of hydrogen-bond donors (Lipinski definition) is 1. The zero-order valence-electron chi connectivity index (χ0n) is 5.30.